The number of nitrogens with one attached hydrogen (secondary N) is 1. The van der Waals surface area contributed by atoms with E-state index in [0.29, 0.717) is 6.79 Å². The summed E-state index contributed by atoms with van der Waals surface area (Å²) in [6.45, 7) is 1.03. The molecule has 104 valence electrons. The number of pyridine rings is 1. The highest BCUT2D eigenvalue weighted by molar-refractivity contribution is 5.49. The van der Waals surface area contributed by atoms with Gasteiger partial charge in [0.25, 0.3) is 0 Å². The van der Waals surface area contributed by atoms with Crippen LogP contribution in [0.2, 0.25) is 0 Å². The molecule has 0 unspecified atom stereocenters. The Morgan fingerprint density at radius 1 is 1.15 bits per heavy atom. The molecule has 0 saturated heterocycles. The maximum Gasteiger partial charge on any atom is 0.231 e. The summed E-state index contributed by atoms with van der Waals surface area (Å²) in [4.78, 5) is 6.34. The molecule has 0 bridgehead atoms. The van der Waals surface area contributed by atoms with Crippen molar-refractivity contribution in [2.75, 3.05) is 31.1 Å². The number of ether oxygens (including phenoxy) is 2. The Hall–Kier alpha value is -2.43. The summed E-state index contributed by atoms with van der Waals surface area (Å²) in [5, 5.41) is 3.34. The monoisotopic (exact) mass is 271 g/mol. The smallest absolute Gasteiger partial charge is 0.231 e. The Bertz CT molecular complexity index is 597. The van der Waals surface area contributed by atoms with Gasteiger partial charge in [-0.1, -0.05) is 6.07 Å². The molecule has 0 spiro atoms. The van der Waals surface area contributed by atoms with E-state index in [0.717, 1.165) is 35.1 Å². The summed E-state index contributed by atoms with van der Waals surface area (Å²) in [6.07, 6.45) is 1.84. The molecule has 1 aliphatic heterocycles. The van der Waals surface area contributed by atoms with E-state index in [9.17, 15) is 0 Å². The maximum absolute atomic E-state index is 5.37. The van der Waals surface area contributed by atoms with Gasteiger partial charge in [0.2, 0.25) is 6.79 Å². The Kier molecular flexibility index (Phi) is 3.33. The molecule has 3 rings (SSSR count). The molecule has 0 radical (unpaired) electrons. The molecule has 0 fully saturated rings. The van der Waals surface area contributed by atoms with Crippen molar-refractivity contribution in [1.82, 2.24) is 4.98 Å². The zero-order chi connectivity index (χ0) is 13.9. The van der Waals surface area contributed by atoms with E-state index in [-0.39, 0.29) is 0 Å². The second-order valence-electron chi connectivity index (χ2n) is 4.84. The standard InChI is InChI=1S/C15H17N3O2/c1-18(2)15-6-4-12(9-17-15)16-8-11-3-5-13-14(7-11)20-10-19-13/h3-7,9,16H,8,10H2,1-2H3. The van der Waals surface area contributed by atoms with Crippen LogP contribution in [0.15, 0.2) is 36.5 Å². The Labute approximate surface area is 118 Å². The van der Waals surface area contributed by atoms with Gasteiger partial charge in [0.05, 0.1) is 11.9 Å². The molecule has 0 amide bonds. The number of hydrogen-bond acceptors (Lipinski definition) is 5. The van der Waals surface area contributed by atoms with Crippen LogP contribution < -0.4 is 19.7 Å². The highest BCUT2D eigenvalue weighted by Gasteiger charge is 2.12. The van der Waals surface area contributed by atoms with Gasteiger partial charge in [-0.05, 0) is 29.8 Å². The number of benzene rings is 1. The summed E-state index contributed by atoms with van der Waals surface area (Å²) in [5.41, 5.74) is 2.14. The zero-order valence-corrected chi connectivity index (χ0v) is 11.6. The van der Waals surface area contributed by atoms with Crippen LogP contribution >= 0.6 is 0 Å². The van der Waals surface area contributed by atoms with Crippen molar-refractivity contribution < 1.29 is 9.47 Å². The Balaban J connectivity index is 1.64. The summed E-state index contributed by atoms with van der Waals surface area (Å²) in [5.74, 6) is 2.56. The fourth-order valence-corrected chi connectivity index (χ4v) is 2.01. The third-order valence-electron chi connectivity index (χ3n) is 3.14. The van der Waals surface area contributed by atoms with E-state index >= 15 is 0 Å². The lowest BCUT2D eigenvalue weighted by Crippen LogP contribution is -2.10. The lowest BCUT2D eigenvalue weighted by atomic mass is 10.2. The van der Waals surface area contributed by atoms with Gasteiger partial charge >= 0.3 is 0 Å². The van der Waals surface area contributed by atoms with Gasteiger partial charge in [-0.3, -0.25) is 0 Å². The van der Waals surface area contributed by atoms with E-state index in [1.807, 2.05) is 55.5 Å². The van der Waals surface area contributed by atoms with E-state index in [2.05, 4.69) is 10.3 Å². The largest absolute Gasteiger partial charge is 0.454 e. The van der Waals surface area contributed by atoms with Gasteiger partial charge < -0.3 is 19.7 Å². The van der Waals surface area contributed by atoms with Crippen LogP contribution in [0.1, 0.15) is 5.56 Å². The first-order valence-electron chi connectivity index (χ1n) is 6.48. The molecule has 0 atom stereocenters. The minimum atomic E-state index is 0.308. The average Bonchev–Trinajstić information content (AvgIpc) is 2.93. The van der Waals surface area contributed by atoms with Crippen LogP contribution in [-0.2, 0) is 6.54 Å². The molecule has 1 aliphatic rings. The lowest BCUT2D eigenvalue weighted by molar-refractivity contribution is 0.174. The van der Waals surface area contributed by atoms with E-state index < -0.39 is 0 Å². The van der Waals surface area contributed by atoms with Gasteiger partial charge in [0, 0.05) is 20.6 Å². The lowest BCUT2D eigenvalue weighted by Gasteiger charge is -2.12. The topological polar surface area (TPSA) is 46.6 Å². The minimum absolute atomic E-state index is 0.308. The van der Waals surface area contributed by atoms with E-state index in [1.165, 1.54) is 0 Å². The summed E-state index contributed by atoms with van der Waals surface area (Å²) in [7, 11) is 3.95. The molecule has 2 aromatic rings. The molecular weight excluding hydrogens is 254 g/mol. The molecule has 5 heteroatoms. The fraction of sp³-hybridized carbons (Fsp3) is 0.267. The van der Waals surface area contributed by atoms with Crippen LogP contribution in [0.3, 0.4) is 0 Å². The van der Waals surface area contributed by atoms with Crippen molar-refractivity contribution >= 4 is 11.5 Å². The quantitative estimate of drug-likeness (QED) is 0.925. The average molecular weight is 271 g/mol. The Morgan fingerprint density at radius 2 is 2.00 bits per heavy atom. The fourth-order valence-electron chi connectivity index (χ4n) is 2.01. The predicted molar refractivity (Wildman–Crippen MR) is 78.5 cm³/mol. The maximum atomic E-state index is 5.37. The number of anilines is 2. The Morgan fingerprint density at radius 3 is 2.75 bits per heavy atom. The number of hydrogen-bond donors (Lipinski definition) is 1. The summed E-state index contributed by atoms with van der Waals surface area (Å²) < 4.78 is 10.7. The number of fused-ring (bicyclic) bond motifs is 1. The molecule has 1 aromatic carbocycles. The van der Waals surface area contributed by atoms with Crippen LogP contribution in [0.25, 0.3) is 0 Å². The third-order valence-corrected chi connectivity index (χ3v) is 3.14. The minimum Gasteiger partial charge on any atom is -0.454 e. The van der Waals surface area contributed by atoms with Gasteiger partial charge in [0.15, 0.2) is 11.5 Å². The molecule has 5 nitrogen and oxygen atoms in total. The molecule has 1 aromatic heterocycles. The van der Waals surface area contributed by atoms with Crippen LogP contribution in [-0.4, -0.2) is 25.9 Å². The number of nitrogens with zero attached hydrogens (tertiary/aromatic N) is 2. The van der Waals surface area contributed by atoms with Crippen molar-refractivity contribution in [2.45, 2.75) is 6.54 Å². The van der Waals surface area contributed by atoms with Gasteiger partial charge in [-0.25, -0.2) is 4.98 Å². The molecule has 0 aliphatic carbocycles. The van der Waals surface area contributed by atoms with Crippen molar-refractivity contribution in [1.29, 1.82) is 0 Å². The van der Waals surface area contributed by atoms with Crippen molar-refractivity contribution in [3.8, 4) is 11.5 Å². The van der Waals surface area contributed by atoms with Crippen molar-refractivity contribution in [2.24, 2.45) is 0 Å². The molecule has 0 saturated carbocycles. The van der Waals surface area contributed by atoms with E-state index in [1.54, 1.807) is 0 Å². The number of rotatable bonds is 4. The molecule has 2 heterocycles. The number of aromatic nitrogens is 1. The van der Waals surface area contributed by atoms with E-state index in [4.69, 9.17) is 9.47 Å². The SMILES string of the molecule is CN(C)c1ccc(NCc2ccc3c(c2)OCO3)cn1. The van der Waals surface area contributed by atoms with Crippen LogP contribution in [0, 0.1) is 0 Å². The molecular formula is C15H17N3O2. The third kappa shape index (κ3) is 2.61. The van der Waals surface area contributed by atoms with Gasteiger partial charge in [0.1, 0.15) is 5.82 Å². The molecule has 1 N–H and O–H groups in total. The van der Waals surface area contributed by atoms with Gasteiger partial charge in [-0.15, -0.1) is 0 Å². The highest BCUT2D eigenvalue weighted by atomic mass is 16.7. The highest BCUT2D eigenvalue weighted by Crippen LogP contribution is 2.32. The van der Waals surface area contributed by atoms with Crippen molar-refractivity contribution in [3.05, 3.63) is 42.1 Å². The second kappa shape index (κ2) is 5.28. The predicted octanol–water partition coefficient (Wildman–Crippen LogP) is 2.49. The molecule has 20 heavy (non-hydrogen) atoms. The van der Waals surface area contributed by atoms with Gasteiger partial charge in [-0.2, -0.15) is 0 Å². The first-order chi connectivity index (χ1) is 9.72. The zero-order valence-electron chi connectivity index (χ0n) is 11.6. The second-order valence-corrected chi connectivity index (χ2v) is 4.84. The summed E-state index contributed by atoms with van der Waals surface area (Å²) >= 11 is 0. The first-order valence-corrected chi connectivity index (χ1v) is 6.48. The van der Waals surface area contributed by atoms with Crippen LogP contribution in [0.4, 0.5) is 11.5 Å². The normalized spacial score (nSPS) is 12.3. The summed E-state index contributed by atoms with van der Waals surface area (Å²) in [6, 6.07) is 9.98. The van der Waals surface area contributed by atoms with Crippen LogP contribution in [0.5, 0.6) is 11.5 Å². The first kappa shape index (κ1) is 12.6. The van der Waals surface area contributed by atoms with Crippen molar-refractivity contribution in [3.63, 3.8) is 0 Å².